The van der Waals surface area contributed by atoms with Gasteiger partial charge in [-0.3, -0.25) is 14.4 Å². The predicted octanol–water partition coefficient (Wildman–Crippen LogP) is 2.55. The Kier molecular flexibility index (Phi) is 5.42. The number of hydrogen-bond donors (Lipinski definition) is 2. The Balaban J connectivity index is 1.19. The Hall–Kier alpha value is -3.19. The second-order valence-corrected chi connectivity index (χ2v) is 8.69. The van der Waals surface area contributed by atoms with Gasteiger partial charge in [-0.1, -0.05) is 47.7 Å². The van der Waals surface area contributed by atoms with Crippen molar-refractivity contribution in [1.82, 2.24) is 25.2 Å². The molecular weight excluding hydrogens is 388 g/mol. The Morgan fingerprint density at radius 3 is 2.81 bits per heavy atom. The van der Waals surface area contributed by atoms with Crippen LogP contribution in [0.1, 0.15) is 18.4 Å². The molecular formula is C24H28N6O. The average molecular weight is 417 g/mol. The van der Waals surface area contributed by atoms with E-state index in [1.165, 1.54) is 0 Å². The molecule has 31 heavy (non-hydrogen) atoms. The molecule has 1 amide bonds. The quantitative estimate of drug-likeness (QED) is 0.603. The number of nitrogen functional groups attached to an aromatic ring is 1. The number of rotatable bonds is 6. The maximum absolute atomic E-state index is 12.8. The number of benzene rings is 2. The molecule has 4 atom stereocenters. The molecule has 160 valence electrons. The number of carbonyl (C=O) groups is 1. The highest BCUT2D eigenvalue weighted by Crippen LogP contribution is 2.37. The Morgan fingerprint density at radius 1 is 1.16 bits per heavy atom. The molecule has 3 aliphatic heterocycles. The van der Waals surface area contributed by atoms with Crippen molar-refractivity contribution < 1.29 is 4.79 Å². The summed E-state index contributed by atoms with van der Waals surface area (Å²) < 4.78 is 1.92. The molecule has 0 spiro atoms. The van der Waals surface area contributed by atoms with Crippen molar-refractivity contribution in [2.45, 2.75) is 32.0 Å². The van der Waals surface area contributed by atoms with Crippen molar-refractivity contribution in [1.29, 1.82) is 0 Å². The molecule has 7 nitrogen and oxygen atoms in total. The number of nitrogens with zero attached hydrogens (tertiary/aromatic N) is 4. The highest BCUT2D eigenvalue weighted by atomic mass is 16.1. The minimum absolute atomic E-state index is 0.0762. The van der Waals surface area contributed by atoms with E-state index in [9.17, 15) is 4.79 Å². The molecule has 3 aromatic rings. The summed E-state index contributed by atoms with van der Waals surface area (Å²) in [5.74, 6) is 0.691. The Morgan fingerprint density at radius 2 is 2.03 bits per heavy atom. The normalized spacial score (nSPS) is 24.8. The van der Waals surface area contributed by atoms with E-state index in [0.29, 0.717) is 18.5 Å². The summed E-state index contributed by atoms with van der Waals surface area (Å²) in [6.45, 7) is 3.27. The van der Waals surface area contributed by atoms with E-state index in [-0.39, 0.29) is 11.8 Å². The molecule has 4 unspecified atom stereocenters. The van der Waals surface area contributed by atoms with E-state index in [1.807, 2.05) is 65.5 Å². The number of hydrogen-bond acceptors (Lipinski definition) is 5. The first-order valence-electron chi connectivity index (χ1n) is 11.0. The van der Waals surface area contributed by atoms with Gasteiger partial charge in [0.2, 0.25) is 5.91 Å². The zero-order valence-electron chi connectivity index (χ0n) is 17.5. The number of carbonyl (C=O) groups excluding carboxylic acids is 1. The summed E-state index contributed by atoms with van der Waals surface area (Å²) in [5, 5.41) is 11.8. The fourth-order valence-corrected chi connectivity index (χ4v) is 4.98. The molecule has 0 aliphatic carbocycles. The first-order chi connectivity index (χ1) is 15.2. The molecule has 7 heteroatoms. The zero-order chi connectivity index (χ0) is 21.2. The number of nitrogens with two attached hydrogens (primary N) is 1. The highest BCUT2D eigenvalue weighted by molar-refractivity contribution is 5.79. The van der Waals surface area contributed by atoms with Crippen LogP contribution < -0.4 is 11.1 Å². The summed E-state index contributed by atoms with van der Waals surface area (Å²) in [5.41, 5.74) is 9.56. The first kappa shape index (κ1) is 19.8. The van der Waals surface area contributed by atoms with Gasteiger partial charge >= 0.3 is 0 Å². The number of anilines is 1. The van der Waals surface area contributed by atoms with Crippen molar-refractivity contribution in [2.75, 3.05) is 18.8 Å². The minimum atomic E-state index is 0.0762. The van der Waals surface area contributed by atoms with E-state index in [1.54, 1.807) is 0 Å². The van der Waals surface area contributed by atoms with Crippen LogP contribution >= 0.6 is 0 Å². The molecule has 4 heterocycles. The predicted molar refractivity (Wildman–Crippen MR) is 120 cm³/mol. The van der Waals surface area contributed by atoms with Gasteiger partial charge < -0.3 is 11.1 Å². The lowest BCUT2D eigenvalue weighted by Crippen LogP contribution is -2.57. The topological polar surface area (TPSA) is 89.1 Å². The van der Waals surface area contributed by atoms with Crippen LogP contribution in [0.4, 0.5) is 5.69 Å². The fourth-order valence-electron chi connectivity index (χ4n) is 4.98. The second-order valence-electron chi connectivity index (χ2n) is 8.69. The van der Waals surface area contributed by atoms with Crippen LogP contribution in [0.15, 0.2) is 60.8 Å². The van der Waals surface area contributed by atoms with Gasteiger partial charge in [0.15, 0.2) is 0 Å². The summed E-state index contributed by atoms with van der Waals surface area (Å²) >= 11 is 0. The number of nitrogens with one attached hydrogen (secondary N) is 1. The first-order valence-corrected chi connectivity index (χ1v) is 11.0. The van der Waals surface area contributed by atoms with Crippen molar-refractivity contribution in [3.05, 3.63) is 66.4 Å². The number of amides is 1. The lowest BCUT2D eigenvalue weighted by molar-refractivity contribution is -0.133. The van der Waals surface area contributed by atoms with Crippen molar-refractivity contribution in [2.24, 2.45) is 11.8 Å². The number of fused-ring (bicyclic) bond motifs is 3. The lowest BCUT2D eigenvalue weighted by atomic mass is 9.75. The standard InChI is InChI=1S/C24H28N6O/c25-20-8-4-7-19(11-20)23-16-30(28-27-23)14-21-12-18-9-10-29(21)15-22(18)24(31)26-13-17-5-2-1-3-6-17/h1-8,11,16,18,21-22H,9-10,12-15,25H2,(H,26,31). The summed E-state index contributed by atoms with van der Waals surface area (Å²) in [4.78, 5) is 15.3. The largest absolute Gasteiger partial charge is 0.399 e. The van der Waals surface area contributed by atoms with Crippen LogP contribution in [-0.4, -0.2) is 44.9 Å². The fraction of sp³-hybridized carbons (Fsp3) is 0.375. The van der Waals surface area contributed by atoms with E-state index >= 15 is 0 Å². The van der Waals surface area contributed by atoms with Crippen molar-refractivity contribution in [3.63, 3.8) is 0 Å². The Bertz CT molecular complexity index is 1050. The molecule has 2 bridgehead atoms. The van der Waals surface area contributed by atoms with Gasteiger partial charge in [-0.05, 0) is 43.0 Å². The van der Waals surface area contributed by atoms with Crippen LogP contribution in [0.3, 0.4) is 0 Å². The second kappa shape index (κ2) is 8.51. The molecule has 3 saturated heterocycles. The van der Waals surface area contributed by atoms with E-state index in [0.717, 1.165) is 55.0 Å². The smallest absolute Gasteiger partial charge is 0.224 e. The summed E-state index contributed by atoms with van der Waals surface area (Å²) in [7, 11) is 0. The zero-order valence-corrected chi connectivity index (χ0v) is 17.5. The van der Waals surface area contributed by atoms with Crippen LogP contribution in [0.2, 0.25) is 0 Å². The summed E-state index contributed by atoms with van der Waals surface area (Å²) in [6, 6.07) is 18.2. The van der Waals surface area contributed by atoms with Gasteiger partial charge in [0, 0.05) is 30.4 Å². The molecule has 0 radical (unpaired) electrons. The van der Waals surface area contributed by atoms with Gasteiger partial charge in [0.1, 0.15) is 5.69 Å². The van der Waals surface area contributed by atoms with Crippen LogP contribution in [0.5, 0.6) is 0 Å². The number of piperidine rings is 3. The lowest BCUT2D eigenvalue weighted by Gasteiger charge is -2.49. The highest BCUT2D eigenvalue weighted by Gasteiger charge is 2.43. The van der Waals surface area contributed by atoms with Gasteiger partial charge in [-0.2, -0.15) is 0 Å². The monoisotopic (exact) mass is 416 g/mol. The van der Waals surface area contributed by atoms with Crippen molar-refractivity contribution in [3.8, 4) is 11.3 Å². The van der Waals surface area contributed by atoms with Gasteiger partial charge in [-0.15, -0.1) is 5.10 Å². The van der Waals surface area contributed by atoms with E-state index in [2.05, 4.69) is 20.5 Å². The summed E-state index contributed by atoms with van der Waals surface area (Å²) in [6.07, 6.45) is 4.10. The molecule has 3 aliphatic rings. The van der Waals surface area contributed by atoms with Crippen LogP contribution in [0.25, 0.3) is 11.3 Å². The molecule has 2 aromatic carbocycles. The third-order valence-electron chi connectivity index (χ3n) is 6.64. The molecule has 3 N–H and O–H groups in total. The average Bonchev–Trinajstić information content (AvgIpc) is 3.27. The maximum atomic E-state index is 12.8. The van der Waals surface area contributed by atoms with Gasteiger partial charge in [-0.25, -0.2) is 0 Å². The van der Waals surface area contributed by atoms with Gasteiger partial charge in [0.05, 0.1) is 18.7 Å². The molecule has 1 aromatic heterocycles. The maximum Gasteiger partial charge on any atom is 0.224 e. The minimum Gasteiger partial charge on any atom is -0.399 e. The molecule has 3 fully saturated rings. The number of aromatic nitrogens is 3. The Labute approximate surface area is 182 Å². The van der Waals surface area contributed by atoms with Gasteiger partial charge in [0.25, 0.3) is 0 Å². The third-order valence-corrected chi connectivity index (χ3v) is 6.64. The van der Waals surface area contributed by atoms with Crippen molar-refractivity contribution >= 4 is 11.6 Å². The third kappa shape index (κ3) is 4.32. The van der Waals surface area contributed by atoms with E-state index < -0.39 is 0 Å². The van der Waals surface area contributed by atoms with Crippen LogP contribution in [-0.2, 0) is 17.9 Å². The molecule has 6 rings (SSSR count). The SMILES string of the molecule is Nc1cccc(-c2cn(CC3CC4CCN3CC4C(=O)NCc3ccccc3)nn2)c1. The van der Waals surface area contributed by atoms with Crippen LogP contribution in [0, 0.1) is 11.8 Å². The molecule has 0 saturated carbocycles. The van der Waals surface area contributed by atoms with E-state index in [4.69, 9.17) is 5.73 Å².